The minimum atomic E-state index is -0.538. The number of carbonyl (C=O) groups is 1. The van der Waals surface area contributed by atoms with E-state index in [0.29, 0.717) is 19.7 Å². The number of ether oxygens (including phenoxy) is 1. The van der Waals surface area contributed by atoms with E-state index < -0.39 is 4.92 Å². The van der Waals surface area contributed by atoms with Gasteiger partial charge in [-0.1, -0.05) is 0 Å². The van der Waals surface area contributed by atoms with Crippen LogP contribution in [0.25, 0.3) is 0 Å². The lowest BCUT2D eigenvalue weighted by Crippen LogP contribution is -2.42. The maximum atomic E-state index is 12.7. The van der Waals surface area contributed by atoms with Crippen LogP contribution in [-0.2, 0) is 4.74 Å². The van der Waals surface area contributed by atoms with E-state index in [1.807, 2.05) is 16.8 Å². The summed E-state index contributed by atoms with van der Waals surface area (Å²) >= 11 is 1.57. The minimum absolute atomic E-state index is 0.148. The number of carbonyl (C=O) groups excluding carboxylic acids is 1. The zero-order valence-corrected chi connectivity index (χ0v) is 13.0. The molecule has 0 bridgehead atoms. The molecule has 0 saturated carbocycles. The predicted octanol–water partition coefficient (Wildman–Crippen LogP) is 2.45. The largest absolute Gasteiger partial charge is 0.398 e. The first-order valence-corrected chi connectivity index (χ1v) is 7.97. The molecule has 1 aromatic heterocycles. The van der Waals surface area contributed by atoms with Gasteiger partial charge in [0.1, 0.15) is 6.10 Å². The summed E-state index contributed by atoms with van der Waals surface area (Å²) in [6.45, 7) is 1.25. The van der Waals surface area contributed by atoms with Crippen molar-refractivity contribution in [2.45, 2.75) is 6.10 Å². The molecule has 0 aliphatic carbocycles. The quantitative estimate of drug-likeness (QED) is 0.528. The van der Waals surface area contributed by atoms with Gasteiger partial charge >= 0.3 is 0 Å². The van der Waals surface area contributed by atoms with Gasteiger partial charge < -0.3 is 15.4 Å². The highest BCUT2D eigenvalue weighted by Crippen LogP contribution is 2.27. The van der Waals surface area contributed by atoms with Crippen molar-refractivity contribution in [2.75, 3.05) is 25.4 Å². The molecular weight excluding hydrogens is 318 g/mol. The molecule has 8 heteroatoms. The fraction of sp³-hybridized carbons (Fsp3) is 0.267. The van der Waals surface area contributed by atoms with Crippen molar-refractivity contribution < 1.29 is 14.5 Å². The van der Waals surface area contributed by atoms with Crippen LogP contribution in [-0.4, -0.2) is 35.4 Å². The zero-order valence-electron chi connectivity index (χ0n) is 12.2. The highest BCUT2D eigenvalue weighted by atomic mass is 32.1. The van der Waals surface area contributed by atoms with Crippen LogP contribution in [0.3, 0.4) is 0 Å². The molecule has 1 aliphatic rings. The van der Waals surface area contributed by atoms with Crippen LogP contribution >= 0.6 is 11.3 Å². The lowest BCUT2D eigenvalue weighted by molar-refractivity contribution is -0.384. The number of nitrogens with two attached hydrogens (primary N) is 1. The third-order valence-electron chi connectivity index (χ3n) is 3.75. The number of nitrogens with zero attached hydrogens (tertiary/aromatic N) is 2. The van der Waals surface area contributed by atoms with Gasteiger partial charge in [0.2, 0.25) is 0 Å². The first-order valence-electron chi connectivity index (χ1n) is 7.03. The van der Waals surface area contributed by atoms with Gasteiger partial charge in [-0.3, -0.25) is 14.9 Å². The Balaban J connectivity index is 1.82. The highest BCUT2D eigenvalue weighted by Gasteiger charge is 2.28. The van der Waals surface area contributed by atoms with E-state index in [1.54, 1.807) is 16.2 Å². The summed E-state index contributed by atoms with van der Waals surface area (Å²) in [6, 6.07) is 5.87. The standard InChI is InChI=1S/C15H15N3O4S/c16-13-2-1-11(18(20)21)7-12(13)15(19)17-4-5-22-14(8-17)10-3-6-23-9-10/h1-3,6-7,9,14H,4-5,8,16H2/t14-/m1/s1. The van der Waals surface area contributed by atoms with Crippen LogP contribution in [0, 0.1) is 10.1 Å². The van der Waals surface area contributed by atoms with Crippen molar-refractivity contribution in [3.05, 3.63) is 56.3 Å². The molecule has 2 N–H and O–H groups in total. The minimum Gasteiger partial charge on any atom is -0.398 e. The molecule has 1 amide bonds. The number of nitro benzene ring substituents is 1. The van der Waals surface area contributed by atoms with E-state index in [-0.39, 0.29) is 28.9 Å². The van der Waals surface area contributed by atoms with Crippen LogP contribution in [0.2, 0.25) is 0 Å². The Hall–Kier alpha value is -2.45. The average molecular weight is 333 g/mol. The summed E-state index contributed by atoms with van der Waals surface area (Å²) in [5.74, 6) is -0.310. The topological polar surface area (TPSA) is 98.7 Å². The van der Waals surface area contributed by atoms with Crippen LogP contribution in [0.15, 0.2) is 35.0 Å². The summed E-state index contributed by atoms with van der Waals surface area (Å²) in [4.78, 5) is 24.7. The molecule has 1 fully saturated rings. The summed E-state index contributed by atoms with van der Waals surface area (Å²) in [6.07, 6.45) is -0.182. The highest BCUT2D eigenvalue weighted by molar-refractivity contribution is 7.07. The van der Waals surface area contributed by atoms with Crippen LogP contribution < -0.4 is 5.73 Å². The zero-order chi connectivity index (χ0) is 16.4. The van der Waals surface area contributed by atoms with Crippen molar-refractivity contribution in [3.8, 4) is 0 Å². The number of benzene rings is 1. The number of anilines is 1. The number of hydrogen-bond donors (Lipinski definition) is 1. The molecule has 0 unspecified atom stereocenters. The van der Waals surface area contributed by atoms with Gasteiger partial charge in [0.15, 0.2) is 0 Å². The first kappa shape index (κ1) is 15.4. The number of rotatable bonds is 3. The SMILES string of the molecule is Nc1ccc([N+](=O)[O-])cc1C(=O)N1CCO[C@@H](c2ccsc2)C1. The first-order chi connectivity index (χ1) is 11.1. The van der Waals surface area contributed by atoms with E-state index in [2.05, 4.69) is 0 Å². The van der Waals surface area contributed by atoms with E-state index >= 15 is 0 Å². The fourth-order valence-corrected chi connectivity index (χ4v) is 3.21. The molecule has 1 aromatic carbocycles. The lowest BCUT2D eigenvalue weighted by Gasteiger charge is -2.33. The van der Waals surface area contributed by atoms with Gasteiger partial charge in [0.05, 0.1) is 23.6 Å². The fourth-order valence-electron chi connectivity index (χ4n) is 2.51. The van der Waals surface area contributed by atoms with Crippen molar-refractivity contribution in [2.24, 2.45) is 0 Å². The number of amides is 1. The smallest absolute Gasteiger partial charge is 0.270 e. The van der Waals surface area contributed by atoms with Crippen molar-refractivity contribution in [1.29, 1.82) is 0 Å². The van der Waals surface area contributed by atoms with Gasteiger partial charge in [-0.15, -0.1) is 0 Å². The Morgan fingerprint density at radius 3 is 2.96 bits per heavy atom. The van der Waals surface area contributed by atoms with Gasteiger partial charge in [-0.05, 0) is 28.5 Å². The van der Waals surface area contributed by atoms with Gasteiger partial charge in [0.25, 0.3) is 11.6 Å². The molecule has 120 valence electrons. The number of thiophene rings is 1. The van der Waals surface area contributed by atoms with Gasteiger partial charge in [0, 0.05) is 24.4 Å². The monoisotopic (exact) mass is 333 g/mol. The molecule has 3 rings (SSSR count). The van der Waals surface area contributed by atoms with E-state index in [9.17, 15) is 14.9 Å². The predicted molar refractivity (Wildman–Crippen MR) is 86.4 cm³/mol. The summed E-state index contributed by atoms with van der Waals surface area (Å²) < 4.78 is 5.70. The molecule has 1 aliphatic heterocycles. The molecule has 0 spiro atoms. The van der Waals surface area contributed by atoms with Crippen LogP contribution in [0.5, 0.6) is 0 Å². The molecule has 1 atom stereocenters. The maximum Gasteiger partial charge on any atom is 0.270 e. The Bertz CT molecular complexity index is 732. The Labute approximate surface area is 136 Å². The van der Waals surface area contributed by atoms with Gasteiger partial charge in [-0.25, -0.2) is 0 Å². The van der Waals surface area contributed by atoms with Gasteiger partial charge in [-0.2, -0.15) is 11.3 Å². The summed E-state index contributed by atoms with van der Waals surface area (Å²) in [7, 11) is 0. The van der Waals surface area contributed by atoms with E-state index in [4.69, 9.17) is 10.5 Å². The van der Waals surface area contributed by atoms with Crippen molar-refractivity contribution in [1.82, 2.24) is 4.90 Å². The molecular formula is C15H15N3O4S. The number of hydrogen-bond acceptors (Lipinski definition) is 6. The Morgan fingerprint density at radius 2 is 2.26 bits per heavy atom. The molecule has 0 radical (unpaired) electrons. The number of nitrogen functional groups attached to an aromatic ring is 1. The maximum absolute atomic E-state index is 12.7. The molecule has 7 nitrogen and oxygen atoms in total. The molecule has 2 aromatic rings. The normalized spacial score (nSPS) is 17.9. The third-order valence-corrected chi connectivity index (χ3v) is 4.45. The second-order valence-electron chi connectivity index (χ2n) is 5.20. The number of non-ortho nitro benzene ring substituents is 1. The second kappa shape index (κ2) is 6.35. The number of morpholine rings is 1. The van der Waals surface area contributed by atoms with Crippen molar-refractivity contribution in [3.63, 3.8) is 0 Å². The van der Waals surface area contributed by atoms with Crippen LogP contribution in [0.4, 0.5) is 11.4 Å². The summed E-state index contributed by atoms with van der Waals surface area (Å²) in [5.41, 5.74) is 7.10. The molecule has 23 heavy (non-hydrogen) atoms. The lowest BCUT2D eigenvalue weighted by atomic mass is 10.1. The van der Waals surface area contributed by atoms with E-state index in [0.717, 1.165) is 5.56 Å². The molecule has 2 heterocycles. The van der Waals surface area contributed by atoms with Crippen LogP contribution in [0.1, 0.15) is 22.0 Å². The Kier molecular flexibility index (Phi) is 4.26. The number of nitro groups is 1. The van der Waals surface area contributed by atoms with Crippen molar-refractivity contribution >= 4 is 28.6 Å². The second-order valence-corrected chi connectivity index (χ2v) is 5.98. The van der Waals surface area contributed by atoms with E-state index in [1.165, 1.54) is 18.2 Å². The third kappa shape index (κ3) is 3.17. The molecule has 1 saturated heterocycles. The Morgan fingerprint density at radius 1 is 1.43 bits per heavy atom. The average Bonchev–Trinajstić information content (AvgIpc) is 3.09. The summed E-state index contributed by atoms with van der Waals surface area (Å²) in [5, 5.41) is 14.8.